The molecule has 2 rings (SSSR count). The molecular formula is C19H28N2O2. The summed E-state index contributed by atoms with van der Waals surface area (Å²) in [6.07, 6.45) is 6.87. The smallest absolute Gasteiger partial charge is 0.277 e. The van der Waals surface area contributed by atoms with Gasteiger partial charge in [0.15, 0.2) is 6.61 Å². The van der Waals surface area contributed by atoms with Crippen molar-refractivity contribution in [3.05, 3.63) is 29.3 Å². The first-order chi connectivity index (χ1) is 11.1. The molecule has 1 fully saturated rings. The molecule has 0 saturated heterocycles. The molecule has 0 atom stereocenters. The predicted octanol–water partition coefficient (Wildman–Crippen LogP) is 4.32. The van der Waals surface area contributed by atoms with Crippen LogP contribution in [-0.2, 0) is 4.79 Å². The van der Waals surface area contributed by atoms with Crippen molar-refractivity contribution in [2.45, 2.75) is 65.2 Å². The van der Waals surface area contributed by atoms with Gasteiger partial charge in [0, 0.05) is 5.71 Å². The number of hydrogen-bond acceptors (Lipinski definition) is 3. The fourth-order valence-corrected chi connectivity index (χ4v) is 2.81. The summed E-state index contributed by atoms with van der Waals surface area (Å²) in [4.78, 5) is 12.0. The number of carbonyl (C=O) groups is 1. The first-order valence-corrected chi connectivity index (χ1v) is 8.64. The molecule has 1 saturated carbocycles. The molecule has 1 N–H and O–H groups in total. The lowest BCUT2D eigenvalue weighted by Gasteiger charge is -2.14. The Morgan fingerprint density at radius 2 is 1.91 bits per heavy atom. The van der Waals surface area contributed by atoms with E-state index in [4.69, 9.17) is 4.74 Å². The Morgan fingerprint density at radius 1 is 1.22 bits per heavy atom. The average molecular weight is 316 g/mol. The summed E-state index contributed by atoms with van der Waals surface area (Å²) in [6, 6.07) is 6.12. The zero-order valence-electron chi connectivity index (χ0n) is 14.5. The third kappa shape index (κ3) is 5.70. The predicted molar refractivity (Wildman–Crippen MR) is 94.0 cm³/mol. The van der Waals surface area contributed by atoms with Crippen LogP contribution in [0.25, 0.3) is 0 Å². The minimum Gasteiger partial charge on any atom is -0.483 e. The summed E-state index contributed by atoms with van der Waals surface area (Å²) in [5.41, 5.74) is 6.00. The molecule has 0 aromatic heterocycles. The summed E-state index contributed by atoms with van der Waals surface area (Å²) in [7, 11) is 0. The molecule has 0 spiro atoms. The molecular weight excluding hydrogens is 288 g/mol. The van der Waals surface area contributed by atoms with E-state index in [9.17, 15) is 4.79 Å². The van der Waals surface area contributed by atoms with E-state index in [0.717, 1.165) is 35.4 Å². The molecule has 1 aliphatic carbocycles. The number of hydrazone groups is 1. The van der Waals surface area contributed by atoms with Gasteiger partial charge in [-0.25, -0.2) is 5.43 Å². The van der Waals surface area contributed by atoms with Crippen LogP contribution < -0.4 is 10.2 Å². The summed E-state index contributed by atoms with van der Waals surface area (Å²) >= 11 is 0. The van der Waals surface area contributed by atoms with E-state index < -0.39 is 0 Å². The SMILES string of the molecule is Cc1ccc(C(C)C)c(OCC(=O)NN=C2CCCCCC2)c1. The third-order valence-electron chi connectivity index (χ3n) is 4.17. The van der Waals surface area contributed by atoms with Crippen LogP contribution in [0.4, 0.5) is 0 Å². The second-order valence-electron chi connectivity index (χ2n) is 6.61. The van der Waals surface area contributed by atoms with Gasteiger partial charge in [0.25, 0.3) is 5.91 Å². The lowest BCUT2D eigenvalue weighted by atomic mass is 10.0. The maximum atomic E-state index is 12.0. The second-order valence-corrected chi connectivity index (χ2v) is 6.61. The normalized spacial score (nSPS) is 15.2. The van der Waals surface area contributed by atoms with Gasteiger partial charge in [-0.3, -0.25) is 4.79 Å². The maximum absolute atomic E-state index is 12.0. The molecule has 0 bridgehead atoms. The van der Waals surface area contributed by atoms with E-state index >= 15 is 0 Å². The van der Waals surface area contributed by atoms with Crippen molar-refractivity contribution in [3.8, 4) is 5.75 Å². The number of carbonyl (C=O) groups excluding carboxylic acids is 1. The molecule has 0 heterocycles. The third-order valence-corrected chi connectivity index (χ3v) is 4.17. The minimum absolute atomic E-state index is 0.0000463. The summed E-state index contributed by atoms with van der Waals surface area (Å²) in [6.45, 7) is 6.26. The number of nitrogens with zero attached hydrogens (tertiary/aromatic N) is 1. The first-order valence-electron chi connectivity index (χ1n) is 8.64. The largest absolute Gasteiger partial charge is 0.483 e. The Balaban J connectivity index is 1.89. The fourth-order valence-electron chi connectivity index (χ4n) is 2.81. The fraction of sp³-hybridized carbons (Fsp3) is 0.579. The van der Waals surface area contributed by atoms with Crippen LogP contribution in [0.5, 0.6) is 5.75 Å². The van der Waals surface area contributed by atoms with Crippen LogP contribution >= 0.6 is 0 Å². The highest BCUT2D eigenvalue weighted by Crippen LogP contribution is 2.27. The van der Waals surface area contributed by atoms with E-state index in [1.807, 2.05) is 13.0 Å². The second kappa shape index (κ2) is 8.70. The molecule has 0 radical (unpaired) electrons. The Labute approximate surface area is 139 Å². The number of benzene rings is 1. The molecule has 1 aromatic rings. The standard InChI is InChI=1S/C19H28N2O2/c1-14(2)17-11-10-15(3)12-18(17)23-13-19(22)21-20-16-8-6-4-5-7-9-16/h10-12,14H,4-9,13H2,1-3H3,(H,21,22). The molecule has 4 nitrogen and oxygen atoms in total. The Morgan fingerprint density at radius 3 is 2.57 bits per heavy atom. The maximum Gasteiger partial charge on any atom is 0.277 e. The van der Waals surface area contributed by atoms with E-state index in [-0.39, 0.29) is 12.5 Å². The average Bonchev–Trinajstić information content (AvgIpc) is 2.79. The number of hydrogen-bond donors (Lipinski definition) is 1. The molecule has 0 aliphatic heterocycles. The molecule has 0 unspecified atom stereocenters. The number of aryl methyl sites for hydroxylation is 1. The molecule has 1 amide bonds. The van der Waals surface area contributed by atoms with Crippen molar-refractivity contribution in [1.82, 2.24) is 5.43 Å². The number of ether oxygens (including phenoxy) is 1. The lowest BCUT2D eigenvalue weighted by Crippen LogP contribution is -2.26. The van der Waals surface area contributed by atoms with Gasteiger partial charge >= 0.3 is 0 Å². The number of nitrogens with one attached hydrogen (secondary N) is 1. The summed E-state index contributed by atoms with van der Waals surface area (Å²) in [5.74, 6) is 0.954. The molecule has 4 heteroatoms. The Kier molecular flexibility index (Phi) is 6.63. The highest BCUT2D eigenvalue weighted by atomic mass is 16.5. The van der Waals surface area contributed by atoms with Gasteiger partial charge in [0.05, 0.1) is 0 Å². The van der Waals surface area contributed by atoms with Gasteiger partial charge in [0.1, 0.15) is 5.75 Å². The summed E-state index contributed by atoms with van der Waals surface area (Å²) < 4.78 is 5.72. The molecule has 1 aliphatic rings. The minimum atomic E-state index is -0.196. The van der Waals surface area contributed by atoms with Crippen LogP contribution in [0.2, 0.25) is 0 Å². The number of rotatable bonds is 5. The van der Waals surface area contributed by atoms with Crippen LogP contribution in [0.15, 0.2) is 23.3 Å². The van der Waals surface area contributed by atoms with Crippen LogP contribution in [0.1, 0.15) is 69.4 Å². The van der Waals surface area contributed by atoms with E-state index in [1.54, 1.807) is 0 Å². The van der Waals surface area contributed by atoms with Gasteiger partial charge in [-0.05, 0) is 55.7 Å². The van der Waals surface area contributed by atoms with Gasteiger partial charge in [-0.15, -0.1) is 0 Å². The Hall–Kier alpha value is -1.84. The van der Waals surface area contributed by atoms with Gasteiger partial charge in [-0.2, -0.15) is 5.10 Å². The van der Waals surface area contributed by atoms with Crippen molar-refractivity contribution in [2.75, 3.05) is 6.61 Å². The van der Waals surface area contributed by atoms with Gasteiger partial charge in [-0.1, -0.05) is 38.8 Å². The van der Waals surface area contributed by atoms with Gasteiger partial charge < -0.3 is 4.74 Å². The monoisotopic (exact) mass is 316 g/mol. The number of amides is 1. The first kappa shape index (κ1) is 17.5. The summed E-state index contributed by atoms with van der Waals surface area (Å²) in [5, 5.41) is 4.27. The molecule has 126 valence electrons. The van der Waals surface area contributed by atoms with Crippen molar-refractivity contribution < 1.29 is 9.53 Å². The van der Waals surface area contributed by atoms with Crippen molar-refractivity contribution >= 4 is 11.6 Å². The van der Waals surface area contributed by atoms with Crippen molar-refractivity contribution in [1.29, 1.82) is 0 Å². The lowest BCUT2D eigenvalue weighted by molar-refractivity contribution is -0.123. The zero-order valence-corrected chi connectivity index (χ0v) is 14.5. The molecule has 23 heavy (non-hydrogen) atoms. The van der Waals surface area contributed by atoms with Crippen LogP contribution in [0, 0.1) is 6.92 Å². The van der Waals surface area contributed by atoms with E-state index in [0.29, 0.717) is 5.92 Å². The highest BCUT2D eigenvalue weighted by molar-refractivity contribution is 5.86. The zero-order chi connectivity index (χ0) is 16.7. The Bertz CT molecular complexity index is 554. The van der Waals surface area contributed by atoms with E-state index in [2.05, 4.69) is 36.5 Å². The highest BCUT2D eigenvalue weighted by Gasteiger charge is 2.11. The van der Waals surface area contributed by atoms with Crippen LogP contribution in [-0.4, -0.2) is 18.2 Å². The van der Waals surface area contributed by atoms with Gasteiger partial charge in [0.2, 0.25) is 0 Å². The van der Waals surface area contributed by atoms with Crippen LogP contribution in [0.3, 0.4) is 0 Å². The van der Waals surface area contributed by atoms with Crippen molar-refractivity contribution in [2.24, 2.45) is 5.10 Å². The quantitative estimate of drug-likeness (QED) is 0.649. The topological polar surface area (TPSA) is 50.7 Å². The van der Waals surface area contributed by atoms with E-state index in [1.165, 1.54) is 25.7 Å². The molecule has 1 aromatic carbocycles. The van der Waals surface area contributed by atoms with Crippen molar-refractivity contribution in [3.63, 3.8) is 0 Å².